The quantitative estimate of drug-likeness (QED) is 0.847. The Hall–Kier alpha value is -0.650. The fourth-order valence-corrected chi connectivity index (χ4v) is 2.59. The van der Waals surface area contributed by atoms with E-state index < -0.39 is 26.5 Å². The molecule has 16 heavy (non-hydrogen) atoms. The highest BCUT2D eigenvalue weighted by Crippen LogP contribution is 2.26. The third kappa shape index (κ3) is 2.93. The summed E-state index contributed by atoms with van der Waals surface area (Å²) < 4.78 is 34.2. The Morgan fingerprint density at radius 2 is 2.12 bits per heavy atom. The Balaban J connectivity index is 2.99. The molecule has 0 aliphatic carbocycles. The van der Waals surface area contributed by atoms with E-state index in [4.69, 9.17) is 11.6 Å². The lowest BCUT2D eigenvalue weighted by Crippen LogP contribution is -2.24. The molecular formula is C10H12ClFO3S. The minimum atomic E-state index is -3.57. The van der Waals surface area contributed by atoms with Crippen molar-refractivity contribution in [2.75, 3.05) is 5.75 Å². The smallest absolute Gasteiger partial charge is 0.169 e. The lowest BCUT2D eigenvalue weighted by atomic mass is 10.1. The number of sulfone groups is 1. The lowest BCUT2D eigenvalue weighted by Gasteiger charge is -2.16. The van der Waals surface area contributed by atoms with Crippen molar-refractivity contribution in [1.82, 2.24) is 0 Å². The first-order valence-corrected chi connectivity index (χ1v) is 6.83. The van der Waals surface area contributed by atoms with Gasteiger partial charge in [0.15, 0.2) is 14.5 Å². The topological polar surface area (TPSA) is 54.4 Å². The van der Waals surface area contributed by atoms with Crippen molar-refractivity contribution in [2.24, 2.45) is 0 Å². The van der Waals surface area contributed by atoms with Crippen LogP contribution in [-0.2, 0) is 9.84 Å². The van der Waals surface area contributed by atoms with Crippen LogP contribution in [0.4, 0.5) is 4.39 Å². The van der Waals surface area contributed by atoms with Crippen molar-refractivity contribution in [3.8, 4) is 0 Å². The molecule has 0 bridgehead atoms. The Labute approximate surface area is 98.8 Å². The molecule has 0 radical (unpaired) electrons. The summed E-state index contributed by atoms with van der Waals surface area (Å²) in [5.41, 5.74) is 0.150. The molecule has 1 aromatic rings. The third-order valence-corrected chi connectivity index (χ3v) is 4.99. The van der Waals surface area contributed by atoms with Gasteiger partial charge in [0.2, 0.25) is 0 Å². The second-order valence-electron chi connectivity index (χ2n) is 3.30. The summed E-state index contributed by atoms with van der Waals surface area (Å²) in [5, 5.41) is 9.70. The zero-order valence-corrected chi connectivity index (χ0v) is 10.2. The molecule has 0 spiro atoms. The molecule has 6 heteroatoms. The Kier molecular flexibility index (Phi) is 4.29. The van der Waals surface area contributed by atoms with Crippen LogP contribution in [0.25, 0.3) is 0 Å². The van der Waals surface area contributed by atoms with Crippen LogP contribution in [0.1, 0.15) is 18.6 Å². The van der Waals surface area contributed by atoms with Crippen molar-refractivity contribution in [3.05, 3.63) is 35.6 Å². The molecule has 1 aromatic carbocycles. The van der Waals surface area contributed by atoms with Crippen LogP contribution in [0, 0.1) is 5.82 Å². The summed E-state index contributed by atoms with van der Waals surface area (Å²) in [6, 6.07) is 5.07. The minimum absolute atomic E-state index is 0.150. The van der Waals surface area contributed by atoms with E-state index >= 15 is 0 Å². The van der Waals surface area contributed by atoms with Crippen LogP contribution < -0.4 is 0 Å². The van der Waals surface area contributed by atoms with Gasteiger partial charge >= 0.3 is 0 Å². The molecule has 1 rings (SSSR count). The van der Waals surface area contributed by atoms with E-state index in [2.05, 4.69) is 0 Å². The van der Waals surface area contributed by atoms with E-state index in [0.29, 0.717) is 0 Å². The number of benzene rings is 1. The SMILES string of the molecule is CCS(=O)(=O)[C@H](Cl)[C@@H](O)c1cccc(F)c1. The summed E-state index contributed by atoms with van der Waals surface area (Å²) in [4.78, 5) is 0. The Morgan fingerprint density at radius 3 is 2.62 bits per heavy atom. The van der Waals surface area contributed by atoms with Gasteiger partial charge in [-0.2, -0.15) is 0 Å². The first-order chi connectivity index (χ1) is 7.38. The van der Waals surface area contributed by atoms with Crippen LogP contribution in [-0.4, -0.2) is 24.0 Å². The van der Waals surface area contributed by atoms with Crippen LogP contribution in [0.15, 0.2) is 24.3 Å². The molecule has 3 nitrogen and oxygen atoms in total. The van der Waals surface area contributed by atoms with Gasteiger partial charge in [0.05, 0.1) is 0 Å². The molecule has 0 aliphatic rings. The molecule has 0 saturated carbocycles. The van der Waals surface area contributed by atoms with Crippen molar-refractivity contribution < 1.29 is 17.9 Å². The lowest BCUT2D eigenvalue weighted by molar-refractivity contribution is 0.191. The maximum Gasteiger partial charge on any atom is 0.169 e. The van der Waals surface area contributed by atoms with E-state index in [1.54, 1.807) is 0 Å². The predicted octanol–water partition coefficient (Wildman–Crippen LogP) is 1.86. The summed E-state index contributed by atoms with van der Waals surface area (Å²) >= 11 is 5.65. The van der Waals surface area contributed by atoms with E-state index in [1.807, 2.05) is 0 Å². The molecule has 0 heterocycles. The minimum Gasteiger partial charge on any atom is -0.386 e. The van der Waals surface area contributed by atoms with Gasteiger partial charge in [-0.15, -0.1) is 11.6 Å². The number of aliphatic hydroxyl groups excluding tert-OH is 1. The highest BCUT2D eigenvalue weighted by Gasteiger charge is 2.30. The van der Waals surface area contributed by atoms with Gasteiger partial charge in [-0.1, -0.05) is 19.1 Å². The van der Waals surface area contributed by atoms with Gasteiger partial charge in [0.25, 0.3) is 0 Å². The van der Waals surface area contributed by atoms with E-state index in [9.17, 15) is 17.9 Å². The summed E-state index contributed by atoms with van der Waals surface area (Å²) in [6.07, 6.45) is -1.43. The Morgan fingerprint density at radius 1 is 1.50 bits per heavy atom. The van der Waals surface area contributed by atoms with E-state index in [0.717, 1.165) is 6.07 Å². The van der Waals surface area contributed by atoms with Gasteiger partial charge in [-0.3, -0.25) is 0 Å². The standard InChI is InChI=1S/C10H12ClFO3S/c1-2-16(14,15)10(11)9(13)7-4-3-5-8(12)6-7/h3-6,9-10,13H,2H2,1H3/t9-,10-/m0/s1. The molecule has 1 N–H and O–H groups in total. The normalized spacial score (nSPS) is 15.8. The second-order valence-corrected chi connectivity index (χ2v) is 6.44. The number of aliphatic hydroxyl groups is 1. The average Bonchev–Trinajstić information content (AvgIpc) is 2.27. The molecule has 90 valence electrons. The molecule has 0 aromatic heterocycles. The first kappa shape index (κ1) is 13.4. The molecule has 0 aliphatic heterocycles. The van der Waals surface area contributed by atoms with Gasteiger partial charge in [0, 0.05) is 5.75 Å². The van der Waals surface area contributed by atoms with Crippen LogP contribution in [0.5, 0.6) is 0 Å². The van der Waals surface area contributed by atoms with Crippen molar-refractivity contribution in [2.45, 2.75) is 17.7 Å². The highest BCUT2D eigenvalue weighted by atomic mass is 35.5. The molecule has 0 fully saturated rings. The molecule has 0 amide bonds. The predicted molar refractivity (Wildman–Crippen MR) is 60.5 cm³/mol. The zero-order valence-electron chi connectivity index (χ0n) is 8.60. The number of hydrogen-bond donors (Lipinski definition) is 1. The molecular weight excluding hydrogens is 255 g/mol. The van der Waals surface area contributed by atoms with Crippen molar-refractivity contribution in [3.63, 3.8) is 0 Å². The fraction of sp³-hybridized carbons (Fsp3) is 0.400. The number of halogens is 2. The number of rotatable bonds is 4. The number of alkyl halides is 1. The largest absolute Gasteiger partial charge is 0.386 e. The summed E-state index contributed by atoms with van der Waals surface area (Å²) in [6.45, 7) is 1.43. The monoisotopic (exact) mass is 266 g/mol. The highest BCUT2D eigenvalue weighted by molar-refractivity contribution is 7.93. The third-order valence-electron chi connectivity index (χ3n) is 2.18. The zero-order chi connectivity index (χ0) is 12.3. The molecule has 2 atom stereocenters. The average molecular weight is 267 g/mol. The second kappa shape index (κ2) is 5.12. The molecule has 0 unspecified atom stereocenters. The van der Waals surface area contributed by atoms with E-state index in [1.165, 1.54) is 25.1 Å². The number of hydrogen-bond acceptors (Lipinski definition) is 3. The fourth-order valence-electron chi connectivity index (χ4n) is 1.20. The van der Waals surface area contributed by atoms with Gasteiger partial charge < -0.3 is 5.11 Å². The Bertz CT molecular complexity index is 461. The van der Waals surface area contributed by atoms with Gasteiger partial charge in [-0.25, -0.2) is 12.8 Å². The summed E-state index contributed by atoms with van der Waals surface area (Å²) in [7, 11) is -3.57. The van der Waals surface area contributed by atoms with Crippen molar-refractivity contribution >= 4 is 21.4 Å². The summed E-state index contributed by atoms with van der Waals surface area (Å²) in [5.74, 6) is -0.720. The maximum absolute atomic E-state index is 12.9. The van der Waals surface area contributed by atoms with Gasteiger partial charge in [-0.05, 0) is 17.7 Å². The van der Waals surface area contributed by atoms with E-state index in [-0.39, 0.29) is 11.3 Å². The van der Waals surface area contributed by atoms with Crippen molar-refractivity contribution in [1.29, 1.82) is 0 Å². The van der Waals surface area contributed by atoms with Crippen LogP contribution in [0.3, 0.4) is 0 Å². The van der Waals surface area contributed by atoms with Crippen LogP contribution >= 0.6 is 11.6 Å². The first-order valence-electron chi connectivity index (χ1n) is 4.67. The maximum atomic E-state index is 12.9. The molecule has 0 saturated heterocycles. The van der Waals surface area contributed by atoms with Crippen LogP contribution in [0.2, 0.25) is 0 Å². The van der Waals surface area contributed by atoms with Gasteiger partial charge in [0.1, 0.15) is 11.9 Å².